The van der Waals surface area contributed by atoms with Crippen molar-refractivity contribution in [2.75, 3.05) is 23.0 Å². The Labute approximate surface area is 89.2 Å². The van der Waals surface area contributed by atoms with Crippen LogP contribution >= 0.6 is 0 Å². The van der Waals surface area contributed by atoms with Crippen LogP contribution in [-0.4, -0.2) is 22.7 Å². The van der Waals surface area contributed by atoms with E-state index in [-0.39, 0.29) is 24.1 Å². The van der Waals surface area contributed by atoms with E-state index in [4.69, 9.17) is 11.6 Å². The highest BCUT2D eigenvalue weighted by Crippen LogP contribution is 2.19. The number of aromatic nitrogens is 2. The normalized spacial score (nSPS) is 11.2. The number of hydrazine groups is 1. The van der Waals surface area contributed by atoms with Crippen molar-refractivity contribution < 1.29 is 13.2 Å². The highest BCUT2D eigenvalue weighted by molar-refractivity contribution is 5.50. The van der Waals surface area contributed by atoms with Crippen LogP contribution in [0.3, 0.4) is 0 Å². The van der Waals surface area contributed by atoms with Crippen LogP contribution in [0.2, 0.25) is 0 Å². The molecule has 1 aromatic rings. The molecule has 9 heteroatoms. The van der Waals surface area contributed by atoms with E-state index in [9.17, 15) is 13.2 Å². The maximum absolute atomic E-state index is 11.9. The predicted molar refractivity (Wildman–Crippen MR) is 53.4 cm³/mol. The molecule has 0 aliphatic rings. The zero-order valence-corrected chi connectivity index (χ0v) is 8.17. The van der Waals surface area contributed by atoms with Gasteiger partial charge in [0, 0.05) is 12.6 Å². The predicted octanol–water partition coefficient (Wildman–Crippen LogP) is 0.709. The smallest absolute Gasteiger partial charge is 0.370 e. The van der Waals surface area contributed by atoms with Gasteiger partial charge in [0.15, 0.2) is 0 Å². The zero-order valence-electron chi connectivity index (χ0n) is 8.17. The Balaban J connectivity index is 2.57. The Kier molecular flexibility index (Phi) is 3.72. The van der Waals surface area contributed by atoms with Gasteiger partial charge in [-0.15, -0.1) is 0 Å². The maximum Gasteiger partial charge on any atom is 0.390 e. The first kappa shape index (κ1) is 12.3. The lowest BCUT2D eigenvalue weighted by Gasteiger charge is -2.09. The van der Waals surface area contributed by atoms with Crippen molar-refractivity contribution in [3.8, 4) is 0 Å². The Morgan fingerprint density at radius 1 is 1.25 bits per heavy atom. The van der Waals surface area contributed by atoms with Gasteiger partial charge >= 0.3 is 6.18 Å². The molecule has 16 heavy (non-hydrogen) atoms. The van der Waals surface area contributed by atoms with Gasteiger partial charge in [-0.1, -0.05) is 0 Å². The summed E-state index contributed by atoms with van der Waals surface area (Å²) in [4.78, 5) is 7.37. The van der Waals surface area contributed by atoms with Gasteiger partial charge in [-0.3, -0.25) is 0 Å². The van der Waals surface area contributed by atoms with Crippen molar-refractivity contribution in [1.82, 2.24) is 9.97 Å². The monoisotopic (exact) mass is 236 g/mol. The zero-order chi connectivity index (χ0) is 12.2. The first-order valence-corrected chi connectivity index (χ1v) is 4.32. The minimum atomic E-state index is -4.21. The minimum absolute atomic E-state index is 0.0787. The second-order valence-corrected chi connectivity index (χ2v) is 2.93. The summed E-state index contributed by atoms with van der Waals surface area (Å²) in [5.41, 5.74) is 7.53. The fraction of sp³-hybridized carbons (Fsp3) is 0.429. The molecule has 0 spiro atoms. The van der Waals surface area contributed by atoms with Gasteiger partial charge in [0.05, 0.1) is 6.42 Å². The number of hydrogen-bond acceptors (Lipinski definition) is 6. The van der Waals surface area contributed by atoms with E-state index in [1.807, 2.05) is 0 Å². The Morgan fingerprint density at radius 3 is 2.44 bits per heavy atom. The van der Waals surface area contributed by atoms with Gasteiger partial charge in [0.2, 0.25) is 5.95 Å². The number of halogens is 3. The van der Waals surface area contributed by atoms with Crippen molar-refractivity contribution in [2.45, 2.75) is 12.6 Å². The first-order valence-electron chi connectivity index (χ1n) is 4.32. The van der Waals surface area contributed by atoms with Crippen molar-refractivity contribution in [1.29, 1.82) is 0 Å². The van der Waals surface area contributed by atoms with Gasteiger partial charge < -0.3 is 16.5 Å². The fourth-order valence-corrected chi connectivity index (χ4v) is 0.963. The van der Waals surface area contributed by atoms with Crippen molar-refractivity contribution >= 4 is 17.6 Å². The molecule has 0 unspecified atom stereocenters. The number of nitrogens with two attached hydrogens (primary N) is 2. The number of hydrogen-bond donors (Lipinski definition) is 4. The maximum atomic E-state index is 11.9. The molecular formula is C7H11F3N6. The van der Waals surface area contributed by atoms with Crippen LogP contribution in [-0.2, 0) is 0 Å². The Bertz CT molecular complexity index is 352. The van der Waals surface area contributed by atoms with E-state index < -0.39 is 12.6 Å². The average molecular weight is 236 g/mol. The van der Waals surface area contributed by atoms with E-state index in [0.29, 0.717) is 0 Å². The number of nitrogens with one attached hydrogen (secondary N) is 2. The molecule has 0 bridgehead atoms. The van der Waals surface area contributed by atoms with Crippen LogP contribution in [0.15, 0.2) is 6.07 Å². The molecule has 90 valence electrons. The summed E-state index contributed by atoms with van der Waals surface area (Å²) in [7, 11) is 0. The van der Waals surface area contributed by atoms with Gasteiger partial charge in [0.25, 0.3) is 0 Å². The summed E-state index contributed by atoms with van der Waals surface area (Å²) in [6.45, 7) is -0.288. The quantitative estimate of drug-likeness (QED) is 0.453. The summed E-state index contributed by atoms with van der Waals surface area (Å²) in [5.74, 6) is 5.41. The molecule has 0 saturated heterocycles. The Hall–Kier alpha value is -1.77. The lowest BCUT2D eigenvalue weighted by Crippen LogP contribution is -2.16. The average Bonchev–Trinajstić information content (AvgIpc) is 2.14. The van der Waals surface area contributed by atoms with Gasteiger partial charge in [-0.2, -0.15) is 23.1 Å². The highest BCUT2D eigenvalue weighted by Gasteiger charge is 2.26. The van der Waals surface area contributed by atoms with Gasteiger partial charge in [-0.25, -0.2) is 5.84 Å². The topological polar surface area (TPSA) is 102 Å². The van der Waals surface area contributed by atoms with E-state index in [1.165, 1.54) is 6.07 Å². The second-order valence-electron chi connectivity index (χ2n) is 2.93. The molecule has 1 heterocycles. The van der Waals surface area contributed by atoms with Crippen LogP contribution in [0.4, 0.5) is 30.8 Å². The Morgan fingerprint density at radius 2 is 1.88 bits per heavy atom. The van der Waals surface area contributed by atoms with Crippen LogP contribution in [0.1, 0.15) is 6.42 Å². The van der Waals surface area contributed by atoms with Gasteiger partial charge in [-0.05, 0) is 0 Å². The van der Waals surface area contributed by atoms with E-state index in [1.54, 1.807) is 0 Å². The third-order valence-electron chi connectivity index (χ3n) is 1.61. The minimum Gasteiger partial charge on any atom is -0.370 e. The third kappa shape index (κ3) is 4.17. The second kappa shape index (κ2) is 4.84. The number of rotatable bonds is 4. The molecule has 1 aromatic heterocycles. The molecule has 0 fully saturated rings. The number of nitrogen functional groups attached to an aromatic ring is 2. The summed E-state index contributed by atoms with van der Waals surface area (Å²) < 4.78 is 35.6. The molecular weight excluding hydrogens is 225 g/mol. The molecule has 0 amide bonds. The molecule has 0 aliphatic heterocycles. The molecule has 1 rings (SSSR count). The highest BCUT2D eigenvalue weighted by atomic mass is 19.4. The number of nitrogens with zero attached hydrogens (tertiary/aromatic N) is 2. The summed E-state index contributed by atoms with van der Waals surface area (Å²) in [5, 5.41) is 2.47. The number of anilines is 3. The summed E-state index contributed by atoms with van der Waals surface area (Å²) in [6, 6.07) is 1.35. The molecule has 6 N–H and O–H groups in total. The van der Waals surface area contributed by atoms with Crippen LogP contribution in [0.5, 0.6) is 0 Å². The fourth-order valence-electron chi connectivity index (χ4n) is 0.963. The largest absolute Gasteiger partial charge is 0.390 e. The molecule has 6 nitrogen and oxygen atoms in total. The molecule has 0 aliphatic carbocycles. The van der Waals surface area contributed by atoms with Crippen molar-refractivity contribution in [3.05, 3.63) is 6.07 Å². The summed E-state index contributed by atoms with van der Waals surface area (Å²) in [6.07, 6.45) is -5.16. The molecule has 0 aromatic carbocycles. The van der Waals surface area contributed by atoms with E-state index in [0.717, 1.165) is 0 Å². The van der Waals surface area contributed by atoms with Crippen LogP contribution in [0, 0.1) is 0 Å². The lowest BCUT2D eigenvalue weighted by molar-refractivity contribution is -0.131. The van der Waals surface area contributed by atoms with Crippen molar-refractivity contribution in [2.24, 2.45) is 5.84 Å². The van der Waals surface area contributed by atoms with E-state index in [2.05, 4.69) is 20.7 Å². The lowest BCUT2D eigenvalue weighted by atomic mass is 10.4. The third-order valence-corrected chi connectivity index (χ3v) is 1.61. The first-order chi connectivity index (χ1) is 7.40. The van der Waals surface area contributed by atoms with Gasteiger partial charge in [0.1, 0.15) is 11.6 Å². The summed E-state index contributed by atoms with van der Waals surface area (Å²) >= 11 is 0. The number of alkyl halides is 3. The standard InChI is InChI=1S/C7H11F3N6/c8-7(9,10)1-2-13-4-3-5(16-12)15-6(11)14-4/h3H,1-2,12H2,(H4,11,13,14,15,16). The van der Waals surface area contributed by atoms with Crippen molar-refractivity contribution in [3.63, 3.8) is 0 Å². The molecule has 0 radical (unpaired) electrons. The SMILES string of the molecule is NNc1cc(NCCC(F)(F)F)nc(N)n1. The van der Waals surface area contributed by atoms with Crippen LogP contribution in [0.25, 0.3) is 0 Å². The van der Waals surface area contributed by atoms with E-state index >= 15 is 0 Å². The molecule has 0 saturated carbocycles. The molecule has 0 atom stereocenters. The van der Waals surface area contributed by atoms with Crippen LogP contribution < -0.4 is 22.3 Å².